The van der Waals surface area contributed by atoms with Crippen molar-refractivity contribution >= 4 is 32.8 Å². The molecule has 10 nitrogen and oxygen atoms in total. The molecular formula is C28H33N5O5S. The summed E-state index contributed by atoms with van der Waals surface area (Å²) in [6.07, 6.45) is 0. The SMILES string of the molecule is COc1ccc(N2CCN(c3cc(N4CCN(S(=O)(=O)c5ccc(C)cc5)CC4)ccc3[N+](=O)[O-])CC2)cc1. The summed E-state index contributed by atoms with van der Waals surface area (Å²) in [5.41, 5.74) is 3.64. The molecule has 0 amide bonds. The molecule has 0 unspecified atom stereocenters. The summed E-state index contributed by atoms with van der Waals surface area (Å²) in [5.74, 6) is 0.804. The molecule has 2 saturated heterocycles. The van der Waals surface area contributed by atoms with Crippen molar-refractivity contribution in [2.45, 2.75) is 11.8 Å². The van der Waals surface area contributed by atoms with Crippen LogP contribution in [-0.2, 0) is 10.0 Å². The summed E-state index contributed by atoms with van der Waals surface area (Å²) in [6.45, 7) is 6.42. The Morgan fingerprint density at radius 2 is 1.28 bits per heavy atom. The highest BCUT2D eigenvalue weighted by Gasteiger charge is 2.30. The van der Waals surface area contributed by atoms with Crippen LogP contribution in [0.3, 0.4) is 0 Å². The average Bonchev–Trinajstić information content (AvgIpc) is 2.97. The van der Waals surface area contributed by atoms with Crippen LogP contribution >= 0.6 is 0 Å². The second kappa shape index (κ2) is 11.1. The van der Waals surface area contributed by atoms with Crippen LogP contribution in [0.25, 0.3) is 0 Å². The number of aryl methyl sites for hydroxylation is 1. The Hall–Kier alpha value is -3.83. The zero-order chi connectivity index (χ0) is 27.6. The van der Waals surface area contributed by atoms with Gasteiger partial charge < -0.3 is 19.4 Å². The molecule has 0 radical (unpaired) electrons. The van der Waals surface area contributed by atoms with Gasteiger partial charge in [-0.25, -0.2) is 8.42 Å². The van der Waals surface area contributed by atoms with Gasteiger partial charge in [-0.2, -0.15) is 4.31 Å². The molecule has 0 atom stereocenters. The largest absolute Gasteiger partial charge is 0.497 e. The third-order valence-corrected chi connectivity index (χ3v) is 9.39. The number of nitro benzene ring substituents is 1. The van der Waals surface area contributed by atoms with Gasteiger partial charge >= 0.3 is 0 Å². The average molecular weight is 552 g/mol. The van der Waals surface area contributed by atoms with E-state index < -0.39 is 10.0 Å². The van der Waals surface area contributed by atoms with Crippen molar-refractivity contribution in [1.29, 1.82) is 0 Å². The van der Waals surface area contributed by atoms with Crippen molar-refractivity contribution in [3.63, 3.8) is 0 Å². The van der Waals surface area contributed by atoms with Gasteiger partial charge in [-0.3, -0.25) is 10.1 Å². The van der Waals surface area contributed by atoms with Crippen molar-refractivity contribution in [2.24, 2.45) is 0 Å². The second-order valence-corrected chi connectivity index (χ2v) is 11.7. The van der Waals surface area contributed by atoms with E-state index in [1.807, 2.05) is 37.3 Å². The lowest BCUT2D eigenvalue weighted by molar-refractivity contribution is -0.384. The molecule has 2 aliphatic rings. The molecule has 206 valence electrons. The number of hydrogen-bond acceptors (Lipinski definition) is 8. The van der Waals surface area contributed by atoms with E-state index in [0.717, 1.165) is 35.8 Å². The van der Waals surface area contributed by atoms with Crippen molar-refractivity contribution in [3.05, 3.63) is 82.4 Å². The van der Waals surface area contributed by atoms with Crippen LogP contribution in [0, 0.1) is 17.0 Å². The Labute approximate surface area is 229 Å². The smallest absolute Gasteiger partial charge is 0.292 e. The normalized spacial score (nSPS) is 16.8. The Balaban J connectivity index is 1.27. The van der Waals surface area contributed by atoms with Crippen LogP contribution in [0.5, 0.6) is 5.75 Å². The molecule has 0 spiro atoms. The van der Waals surface area contributed by atoms with Crippen LogP contribution < -0.4 is 19.4 Å². The van der Waals surface area contributed by atoms with E-state index in [0.29, 0.717) is 49.9 Å². The van der Waals surface area contributed by atoms with E-state index >= 15 is 0 Å². The van der Waals surface area contributed by atoms with Crippen LogP contribution in [0.1, 0.15) is 5.56 Å². The molecule has 2 fully saturated rings. The highest BCUT2D eigenvalue weighted by Crippen LogP contribution is 2.34. The standard InChI is InChI=1S/C28H33N5O5S/c1-22-3-10-26(11-4-22)39(36,37)32-19-17-30(18-20-32)24-7-12-27(33(34)35)28(21-24)31-15-13-29(14-16-31)23-5-8-25(38-2)9-6-23/h3-12,21H,13-20H2,1-2H3. The topological polar surface area (TPSA) is 99.5 Å². The van der Waals surface area contributed by atoms with Gasteiger partial charge in [0.2, 0.25) is 10.0 Å². The zero-order valence-corrected chi connectivity index (χ0v) is 23.0. The van der Waals surface area contributed by atoms with Gasteiger partial charge in [0, 0.05) is 69.8 Å². The molecule has 2 heterocycles. The van der Waals surface area contributed by atoms with Crippen LogP contribution in [-0.4, -0.2) is 77.1 Å². The molecule has 3 aromatic rings. The van der Waals surface area contributed by atoms with E-state index in [-0.39, 0.29) is 10.6 Å². The number of methoxy groups -OCH3 is 1. The Morgan fingerprint density at radius 1 is 0.744 bits per heavy atom. The third kappa shape index (κ3) is 5.64. The Morgan fingerprint density at radius 3 is 1.87 bits per heavy atom. The maximum Gasteiger partial charge on any atom is 0.292 e. The monoisotopic (exact) mass is 551 g/mol. The minimum Gasteiger partial charge on any atom is -0.497 e. The highest BCUT2D eigenvalue weighted by molar-refractivity contribution is 7.89. The maximum absolute atomic E-state index is 13.1. The first kappa shape index (κ1) is 26.8. The van der Waals surface area contributed by atoms with Crippen molar-refractivity contribution < 1.29 is 18.1 Å². The molecule has 3 aromatic carbocycles. The lowest BCUT2D eigenvalue weighted by Crippen LogP contribution is -2.49. The number of hydrogen-bond donors (Lipinski definition) is 0. The van der Waals surface area contributed by atoms with E-state index in [9.17, 15) is 18.5 Å². The molecule has 11 heteroatoms. The zero-order valence-electron chi connectivity index (χ0n) is 22.2. The van der Waals surface area contributed by atoms with Gasteiger partial charge in [-0.15, -0.1) is 0 Å². The summed E-state index contributed by atoms with van der Waals surface area (Å²) >= 11 is 0. The second-order valence-electron chi connectivity index (χ2n) is 9.81. The fourth-order valence-corrected chi connectivity index (χ4v) is 6.58. The van der Waals surface area contributed by atoms with Crippen molar-refractivity contribution in [2.75, 3.05) is 74.2 Å². The fourth-order valence-electron chi connectivity index (χ4n) is 5.16. The summed E-state index contributed by atoms with van der Waals surface area (Å²) < 4.78 is 33.0. The highest BCUT2D eigenvalue weighted by atomic mass is 32.2. The summed E-state index contributed by atoms with van der Waals surface area (Å²) in [5, 5.41) is 11.9. The minimum atomic E-state index is -3.56. The molecule has 5 rings (SSSR count). The predicted octanol–water partition coefficient (Wildman–Crippen LogP) is 3.75. The first-order chi connectivity index (χ1) is 18.8. The lowest BCUT2D eigenvalue weighted by Gasteiger charge is -2.38. The summed E-state index contributed by atoms with van der Waals surface area (Å²) in [4.78, 5) is 18.3. The van der Waals surface area contributed by atoms with Crippen LogP contribution in [0.2, 0.25) is 0 Å². The van der Waals surface area contributed by atoms with Gasteiger partial charge in [0.1, 0.15) is 11.4 Å². The van der Waals surface area contributed by atoms with Gasteiger partial charge in [-0.1, -0.05) is 17.7 Å². The first-order valence-corrected chi connectivity index (χ1v) is 14.4. The molecule has 0 saturated carbocycles. The molecule has 2 aliphatic heterocycles. The Bertz CT molecular complexity index is 1410. The third-order valence-electron chi connectivity index (χ3n) is 7.48. The number of rotatable bonds is 7. The number of ether oxygens (including phenoxy) is 1. The van der Waals surface area contributed by atoms with E-state index in [1.165, 1.54) is 4.31 Å². The number of anilines is 3. The minimum absolute atomic E-state index is 0.0808. The molecule has 0 N–H and O–H groups in total. The van der Waals surface area contributed by atoms with Crippen molar-refractivity contribution in [3.8, 4) is 5.75 Å². The van der Waals surface area contributed by atoms with Gasteiger partial charge in [0.15, 0.2) is 0 Å². The summed E-state index contributed by atoms with van der Waals surface area (Å²) in [7, 11) is -1.92. The predicted molar refractivity (Wildman–Crippen MR) is 153 cm³/mol. The molecule has 0 aromatic heterocycles. The molecule has 0 bridgehead atoms. The Kier molecular flexibility index (Phi) is 7.62. The van der Waals surface area contributed by atoms with E-state index in [4.69, 9.17) is 4.74 Å². The molecular weight excluding hydrogens is 518 g/mol. The fraction of sp³-hybridized carbons (Fsp3) is 0.357. The molecule has 0 aliphatic carbocycles. The maximum atomic E-state index is 13.1. The van der Waals surface area contributed by atoms with Crippen LogP contribution in [0.4, 0.5) is 22.7 Å². The van der Waals surface area contributed by atoms with Gasteiger partial charge in [-0.05, 0) is 55.5 Å². The number of piperazine rings is 2. The van der Waals surface area contributed by atoms with Gasteiger partial charge in [0.25, 0.3) is 5.69 Å². The van der Waals surface area contributed by atoms with E-state index in [2.05, 4.69) is 14.7 Å². The first-order valence-electron chi connectivity index (χ1n) is 13.0. The van der Waals surface area contributed by atoms with E-state index in [1.54, 1.807) is 43.5 Å². The van der Waals surface area contributed by atoms with Crippen molar-refractivity contribution in [1.82, 2.24) is 4.31 Å². The number of sulfonamides is 1. The summed E-state index contributed by atoms with van der Waals surface area (Å²) in [6, 6.07) is 20.0. The molecule has 39 heavy (non-hydrogen) atoms. The van der Waals surface area contributed by atoms with Gasteiger partial charge in [0.05, 0.1) is 16.9 Å². The number of nitro groups is 1. The quantitative estimate of drug-likeness (QED) is 0.323. The number of benzene rings is 3. The van der Waals surface area contributed by atoms with Crippen LogP contribution in [0.15, 0.2) is 71.6 Å². The number of nitrogens with zero attached hydrogens (tertiary/aromatic N) is 5. The lowest BCUT2D eigenvalue weighted by atomic mass is 10.1.